The zero-order valence-corrected chi connectivity index (χ0v) is 47.8. The second-order valence-corrected chi connectivity index (χ2v) is 22.2. The maximum absolute atomic E-state index is 4.41. The van der Waals surface area contributed by atoms with Crippen LogP contribution in [0.25, 0.3) is 61.2 Å². The van der Waals surface area contributed by atoms with Gasteiger partial charge in [0.15, 0.2) is 0 Å². The first-order valence-electron chi connectivity index (χ1n) is 29.2. The smallest absolute Gasteiger partial charge is 0.0458 e. The summed E-state index contributed by atoms with van der Waals surface area (Å²) in [5.74, 6) is 0.881. The fraction of sp³-hybridized carbons (Fsp3) is 0.165. The summed E-state index contributed by atoms with van der Waals surface area (Å²) >= 11 is 0. The van der Waals surface area contributed by atoms with E-state index in [-0.39, 0.29) is 0 Å². The molecular weight excluding hydrogens is 977 g/mol. The molecule has 81 heavy (non-hydrogen) atoms. The molecule has 0 radical (unpaired) electrons. The van der Waals surface area contributed by atoms with Crippen molar-refractivity contribution in [1.82, 2.24) is 0 Å². The van der Waals surface area contributed by atoms with E-state index in [2.05, 4.69) is 306 Å². The molecule has 0 aliphatic heterocycles. The second-order valence-electron chi connectivity index (χ2n) is 22.2. The van der Waals surface area contributed by atoms with Crippen LogP contribution in [0.5, 0.6) is 0 Å². The summed E-state index contributed by atoms with van der Waals surface area (Å²) in [6.45, 7) is 15.8. The van der Waals surface area contributed by atoms with Gasteiger partial charge in [0.25, 0.3) is 0 Å². The van der Waals surface area contributed by atoms with Crippen molar-refractivity contribution in [2.75, 3.05) is 9.80 Å². The molecule has 3 aliphatic rings. The van der Waals surface area contributed by atoms with Gasteiger partial charge in [0.1, 0.15) is 0 Å². The van der Waals surface area contributed by atoms with Crippen molar-refractivity contribution in [3.63, 3.8) is 0 Å². The van der Waals surface area contributed by atoms with Gasteiger partial charge in [-0.25, -0.2) is 0 Å². The summed E-state index contributed by atoms with van der Waals surface area (Å²) in [7, 11) is 0. The first-order chi connectivity index (χ1) is 39.7. The molecule has 3 aliphatic carbocycles. The van der Waals surface area contributed by atoms with E-state index >= 15 is 0 Å². The van der Waals surface area contributed by atoms with E-state index in [4.69, 9.17) is 0 Å². The number of nitrogens with zero attached hydrogens (tertiary/aromatic N) is 2. The van der Waals surface area contributed by atoms with Crippen molar-refractivity contribution >= 4 is 33.8 Å². The molecule has 0 aromatic heterocycles. The Bertz CT molecular complexity index is 3790. The highest BCUT2D eigenvalue weighted by Crippen LogP contribution is 2.41. The third kappa shape index (κ3) is 12.4. The van der Waals surface area contributed by atoms with Crippen LogP contribution in [0.4, 0.5) is 17.1 Å². The highest BCUT2D eigenvalue weighted by molar-refractivity contribution is 5.82. The van der Waals surface area contributed by atoms with Gasteiger partial charge in [-0.2, -0.15) is 0 Å². The van der Waals surface area contributed by atoms with Gasteiger partial charge in [-0.05, 0) is 215 Å². The van der Waals surface area contributed by atoms with Crippen LogP contribution in [0.3, 0.4) is 0 Å². The summed E-state index contributed by atoms with van der Waals surface area (Å²) in [4.78, 5) is 4.88. The monoisotopic (exact) mass is 1050 g/mol. The van der Waals surface area contributed by atoms with E-state index in [1.165, 1.54) is 100 Å². The number of allylic oxidation sites excluding steroid dienone is 16. The van der Waals surface area contributed by atoms with Crippen molar-refractivity contribution in [2.24, 2.45) is 11.8 Å². The first kappa shape index (κ1) is 54.0. The number of aryl methyl sites for hydroxylation is 1. The molecule has 0 amide bonds. The number of hydrogen-bond acceptors (Lipinski definition) is 2. The molecule has 8 aromatic carbocycles. The topological polar surface area (TPSA) is 6.48 Å². The van der Waals surface area contributed by atoms with Gasteiger partial charge in [-0.3, -0.25) is 0 Å². The van der Waals surface area contributed by atoms with Gasteiger partial charge in [0.2, 0.25) is 0 Å². The van der Waals surface area contributed by atoms with E-state index in [0.29, 0.717) is 11.8 Å². The maximum Gasteiger partial charge on any atom is 0.0458 e. The molecule has 0 N–H and O–H groups in total. The van der Waals surface area contributed by atoms with Crippen LogP contribution < -0.4 is 9.80 Å². The molecule has 0 bridgehead atoms. The maximum atomic E-state index is 4.41. The Labute approximate surface area is 482 Å². The average Bonchev–Trinajstić information content (AvgIpc) is 3.57. The molecule has 400 valence electrons. The zero-order chi connectivity index (χ0) is 55.7. The van der Waals surface area contributed by atoms with Crippen molar-refractivity contribution in [1.29, 1.82) is 0 Å². The highest BCUT2D eigenvalue weighted by Gasteiger charge is 2.26. The SMILES string of the molecule is C=C/C(=C\C=C(/C)c1cccc(-c2ccc(C)cc2)c1)N(C1=CC=C(C(C)CC)C[C@@H]1C)c1ccc(-c2ccc(N(C3=CC=C(c4cccc(C5=CCCC=C5)c4)CC3)c3ccc(-c4cccc(-c5ccccc5)c4)cc3)cc2)cc1. The molecule has 0 heterocycles. The van der Waals surface area contributed by atoms with Crippen molar-refractivity contribution in [2.45, 2.75) is 73.1 Å². The summed E-state index contributed by atoms with van der Waals surface area (Å²) < 4.78 is 0. The number of hydrogen-bond donors (Lipinski definition) is 0. The summed E-state index contributed by atoms with van der Waals surface area (Å²) in [5.41, 5.74) is 27.1. The zero-order valence-electron chi connectivity index (χ0n) is 47.8. The normalized spacial score (nSPS) is 15.9. The van der Waals surface area contributed by atoms with Crippen LogP contribution in [0.1, 0.15) is 88.5 Å². The van der Waals surface area contributed by atoms with E-state index in [1.54, 1.807) is 0 Å². The quantitative estimate of drug-likeness (QED) is 0.0839. The predicted molar refractivity (Wildman–Crippen MR) is 350 cm³/mol. The lowest BCUT2D eigenvalue weighted by atomic mass is 9.84. The van der Waals surface area contributed by atoms with Gasteiger partial charge in [0.05, 0.1) is 0 Å². The fourth-order valence-corrected chi connectivity index (χ4v) is 11.7. The van der Waals surface area contributed by atoms with Crippen LogP contribution in [-0.2, 0) is 0 Å². The van der Waals surface area contributed by atoms with Gasteiger partial charge >= 0.3 is 0 Å². The van der Waals surface area contributed by atoms with E-state index in [1.807, 2.05) is 6.08 Å². The Balaban J connectivity index is 0.905. The van der Waals surface area contributed by atoms with Crippen LogP contribution >= 0.6 is 0 Å². The number of benzene rings is 8. The predicted octanol–water partition coefficient (Wildman–Crippen LogP) is 22.2. The molecule has 2 heteroatoms. The summed E-state index contributed by atoms with van der Waals surface area (Å²) in [5, 5.41) is 0. The summed E-state index contributed by atoms with van der Waals surface area (Å²) in [6.07, 6.45) is 29.1. The highest BCUT2D eigenvalue weighted by atomic mass is 15.2. The Kier molecular flexibility index (Phi) is 16.7. The molecule has 11 rings (SSSR count). The third-order valence-electron chi connectivity index (χ3n) is 16.7. The molecule has 2 nitrogen and oxygen atoms in total. The van der Waals surface area contributed by atoms with Crippen molar-refractivity contribution in [3.05, 3.63) is 312 Å². The van der Waals surface area contributed by atoms with E-state index < -0.39 is 0 Å². The Morgan fingerprint density at radius 1 is 0.556 bits per heavy atom. The molecule has 0 saturated carbocycles. The Hall–Kier alpha value is -8.98. The van der Waals surface area contributed by atoms with E-state index in [0.717, 1.165) is 61.3 Å². The van der Waals surface area contributed by atoms with Gasteiger partial charge in [0, 0.05) is 40.1 Å². The standard InChI is InChI=1S/C79H74N2/c1-7-57(4)68-41-51-79(59(6)52-68)81(74(8-2)42-30-58(5)67-22-15-23-69(53-67)64-31-28-56(3)29-32-64)78-49-35-63(36-50-78)62-33-43-75(44-34-62)80(76-45-37-65(38-46-76)72-26-16-24-70(54-72)60-18-11-9-12-19-60)77-47-39-66(40-48-77)73-27-17-25-71(55-73)61-20-13-10-14-21-61/h8-9,11-13,15-39,41-47,49-51,53-55,57,59H,2,7,10,14,40,48,52H2,1,3-6H3/b58-30+,74-42+/t57?,59-/m0/s1. The minimum atomic E-state index is 0.324. The summed E-state index contributed by atoms with van der Waals surface area (Å²) in [6, 6.07) is 73.6. The van der Waals surface area contributed by atoms with Crippen LogP contribution in [0, 0.1) is 18.8 Å². The van der Waals surface area contributed by atoms with Crippen LogP contribution in [-0.4, -0.2) is 0 Å². The first-order valence-corrected chi connectivity index (χ1v) is 29.2. The Morgan fingerprint density at radius 2 is 1.11 bits per heavy atom. The molecule has 1 unspecified atom stereocenters. The van der Waals surface area contributed by atoms with Gasteiger partial charge in [-0.15, -0.1) is 0 Å². The van der Waals surface area contributed by atoms with Crippen LogP contribution in [0.2, 0.25) is 0 Å². The minimum absolute atomic E-state index is 0.324. The Morgan fingerprint density at radius 3 is 1.70 bits per heavy atom. The number of rotatable bonds is 17. The van der Waals surface area contributed by atoms with Gasteiger partial charge < -0.3 is 9.80 Å². The molecule has 0 fully saturated rings. The molecule has 8 aromatic rings. The fourth-order valence-electron chi connectivity index (χ4n) is 11.7. The molecule has 0 saturated heterocycles. The second kappa shape index (κ2) is 25.0. The molecule has 0 spiro atoms. The lowest BCUT2D eigenvalue weighted by Crippen LogP contribution is -2.27. The number of anilines is 3. The largest absolute Gasteiger partial charge is 0.314 e. The lowest BCUT2D eigenvalue weighted by Gasteiger charge is -2.35. The van der Waals surface area contributed by atoms with Crippen molar-refractivity contribution in [3.8, 4) is 44.5 Å². The molecular formula is C79H74N2. The van der Waals surface area contributed by atoms with Crippen molar-refractivity contribution < 1.29 is 0 Å². The van der Waals surface area contributed by atoms with Gasteiger partial charge in [-0.1, -0.05) is 221 Å². The average molecular weight is 1050 g/mol. The lowest BCUT2D eigenvalue weighted by molar-refractivity contribution is 0.553. The third-order valence-corrected chi connectivity index (χ3v) is 16.7. The van der Waals surface area contributed by atoms with Crippen LogP contribution in [0.15, 0.2) is 290 Å². The molecule has 2 atom stereocenters. The van der Waals surface area contributed by atoms with E-state index in [9.17, 15) is 0 Å². The minimum Gasteiger partial charge on any atom is -0.314 e.